The van der Waals surface area contributed by atoms with E-state index < -0.39 is 0 Å². The van der Waals surface area contributed by atoms with Gasteiger partial charge < -0.3 is 9.47 Å². The molecule has 0 bridgehead atoms. The second-order valence-electron chi connectivity index (χ2n) is 8.86. The largest absolute Gasteiger partial charge is 0.343 e. The average molecular weight is 436 g/mol. The van der Waals surface area contributed by atoms with Crippen LogP contribution < -0.4 is 5.56 Å². The Morgan fingerprint density at radius 3 is 2.34 bits per heavy atom. The number of carbonyl (C=O) groups is 1. The van der Waals surface area contributed by atoms with Crippen LogP contribution in [0.5, 0.6) is 0 Å². The highest BCUT2D eigenvalue weighted by molar-refractivity contribution is 5.87. The standard InChI is InChI=1S/C25H33N5O2/c1-5-10-27-11-13-28(14-12-27)23(31)17-30-25(32)24-20(4)29(19(3)22(24)15-26-30)16-21-8-6-18(2)7-9-21/h6-9,15H,5,10-14,16-17H2,1-4H3. The van der Waals surface area contributed by atoms with Crippen LogP contribution in [0.25, 0.3) is 10.8 Å². The van der Waals surface area contributed by atoms with Gasteiger partial charge in [-0.15, -0.1) is 0 Å². The van der Waals surface area contributed by atoms with Crippen molar-refractivity contribution in [2.24, 2.45) is 0 Å². The van der Waals surface area contributed by atoms with Crippen molar-refractivity contribution in [3.8, 4) is 0 Å². The highest BCUT2D eigenvalue weighted by Crippen LogP contribution is 2.23. The molecule has 3 heterocycles. The zero-order chi connectivity index (χ0) is 22.8. The quantitative estimate of drug-likeness (QED) is 0.597. The molecule has 1 aromatic carbocycles. The zero-order valence-corrected chi connectivity index (χ0v) is 19.6. The lowest BCUT2D eigenvalue weighted by Crippen LogP contribution is -2.50. The van der Waals surface area contributed by atoms with Gasteiger partial charge in [-0.05, 0) is 39.3 Å². The molecule has 0 saturated carbocycles. The van der Waals surface area contributed by atoms with Crippen LogP contribution in [-0.2, 0) is 17.9 Å². The van der Waals surface area contributed by atoms with E-state index in [1.807, 2.05) is 18.7 Å². The summed E-state index contributed by atoms with van der Waals surface area (Å²) in [7, 11) is 0. The molecule has 2 aromatic heterocycles. The van der Waals surface area contributed by atoms with Gasteiger partial charge in [-0.2, -0.15) is 5.10 Å². The first-order valence-electron chi connectivity index (χ1n) is 11.5. The molecule has 4 rings (SSSR count). The lowest BCUT2D eigenvalue weighted by atomic mass is 10.1. The van der Waals surface area contributed by atoms with Crippen molar-refractivity contribution in [1.82, 2.24) is 24.1 Å². The van der Waals surface area contributed by atoms with Crippen molar-refractivity contribution in [3.63, 3.8) is 0 Å². The fourth-order valence-corrected chi connectivity index (χ4v) is 4.64. The summed E-state index contributed by atoms with van der Waals surface area (Å²) in [4.78, 5) is 30.4. The SMILES string of the molecule is CCCN1CCN(C(=O)Cn2ncc3c(C)n(Cc4ccc(C)cc4)c(C)c3c2=O)CC1. The number of carbonyl (C=O) groups excluding carboxylic acids is 1. The number of aromatic nitrogens is 3. The van der Waals surface area contributed by atoms with E-state index in [-0.39, 0.29) is 18.0 Å². The van der Waals surface area contributed by atoms with E-state index in [1.54, 1.807) is 6.20 Å². The molecule has 0 radical (unpaired) electrons. The van der Waals surface area contributed by atoms with Gasteiger partial charge in [0.2, 0.25) is 5.91 Å². The Kier molecular flexibility index (Phi) is 6.46. The summed E-state index contributed by atoms with van der Waals surface area (Å²) in [6.07, 6.45) is 2.85. The predicted octanol–water partition coefficient (Wildman–Crippen LogP) is 2.73. The summed E-state index contributed by atoms with van der Waals surface area (Å²) in [6.45, 7) is 13.2. The highest BCUT2D eigenvalue weighted by atomic mass is 16.2. The fraction of sp³-hybridized carbons (Fsp3) is 0.480. The van der Waals surface area contributed by atoms with Gasteiger partial charge in [0.15, 0.2) is 0 Å². The molecule has 1 aliphatic heterocycles. The first kappa shape index (κ1) is 22.3. The maximum Gasteiger partial charge on any atom is 0.276 e. The van der Waals surface area contributed by atoms with E-state index in [2.05, 4.69) is 52.7 Å². The van der Waals surface area contributed by atoms with Crippen LogP contribution in [-0.4, -0.2) is 62.8 Å². The molecule has 0 N–H and O–H groups in total. The van der Waals surface area contributed by atoms with E-state index in [1.165, 1.54) is 15.8 Å². The van der Waals surface area contributed by atoms with Gasteiger partial charge in [-0.25, -0.2) is 4.68 Å². The van der Waals surface area contributed by atoms with Crippen LogP contribution in [0.1, 0.15) is 35.9 Å². The molecular weight excluding hydrogens is 402 g/mol. The third kappa shape index (κ3) is 4.35. The van der Waals surface area contributed by atoms with Crippen molar-refractivity contribution in [1.29, 1.82) is 0 Å². The number of rotatable bonds is 6. The van der Waals surface area contributed by atoms with E-state index in [9.17, 15) is 9.59 Å². The molecule has 3 aromatic rings. The number of benzene rings is 1. The van der Waals surface area contributed by atoms with E-state index in [4.69, 9.17) is 0 Å². The minimum absolute atomic E-state index is 0.00974. The molecule has 1 amide bonds. The van der Waals surface area contributed by atoms with Crippen molar-refractivity contribution in [2.45, 2.75) is 47.2 Å². The molecule has 7 heteroatoms. The maximum atomic E-state index is 13.3. The molecule has 32 heavy (non-hydrogen) atoms. The molecule has 1 saturated heterocycles. The predicted molar refractivity (Wildman–Crippen MR) is 127 cm³/mol. The number of fused-ring (bicyclic) bond motifs is 1. The second-order valence-corrected chi connectivity index (χ2v) is 8.86. The minimum Gasteiger partial charge on any atom is -0.343 e. The number of piperazine rings is 1. The van der Waals surface area contributed by atoms with Crippen LogP contribution in [0.2, 0.25) is 0 Å². The molecule has 7 nitrogen and oxygen atoms in total. The zero-order valence-electron chi connectivity index (χ0n) is 19.6. The van der Waals surface area contributed by atoms with Crippen molar-refractivity contribution in [3.05, 3.63) is 63.3 Å². The van der Waals surface area contributed by atoms with E-state index in [0.717, 1.165) is 42.8 Å². The Bertz CT molecular complexity index is 1170. The summed E-state index contributed by atoms with van der Waals surface area (Å²) >= 11 is 0. The molecule has 0 spiro atoms. The van der Waals surface area contributed by atoms with Gasteiger partial charge in [-0.3, -0.25) is 14.5 Å². The third-order valence-electron chi connectivity index (χ3n) is 6.62. The second kappa shape index (κ2) is 9.28. The smallest absolute Gasteiger partial charge is 0.276 e. The Labute approximate surface area is 189 Å². The number of aryl methyl sites for hydroxylation is 3. The molecule has 1 fully saturated rings. The molecule has 0 atom stereocenters. The van der Waals surface area contributed by atoms with Gasteiger partial charge in [0.1, 0.15) is 6.54 Å². The Balaban J connectivity index is 1.56. The fourth-order valence-electron chi connectivity index (χ4n) is 4.64. The third-order valence-corrected chi connectivity index (χ3v) is 6.62. The first-order valence-corrected chi connectivity index (χ1v) is 11.5. The van der Waals surface area contributed by atoms with Crippen LogP contribution >= 0.6 is 0 Å². The van der Waals surface area contributed by atoms with Gasteiger partial charge in [-0.1, -0.05) is 36.8 Å². The molecule has 0 unspecified atom stereocenters. The van der Waals surface area contributed by atoms with Crippen molar-refractivity contribution < 1.29 is 4.79 Å². The van der Waals surface area contributed by atoms with Crippen LogP contribution in [0.3, 0.4) is 0 Å². The minimum atomic E-state index is -0.191. The van der Waals surface area contributed by atoms with Crippen molar-refractivity contribution in [2.75, 3.05) is 32.7 Å². The van der Waals surface area contributed by atoms with Crippen LogP contribution in [0.4, 0.5) is 0 Å². The Hall–Kier alpha value is -2.93. The number of hydrogen-bond acceptors (Lipinski definition) is 4. The van der Waals surface area contributed by atoms with Crippen molar-refractivity contribution >= 4 is 16.7 Å². The van der Waals surface area contributed by atoms with Crippen LogP contribution in [0.15, 0.2) is 35.3 Å². The van der Waals surface area contributed by atoms with E-state index >= 15 is 0 Å². The topological polar surface area (TPSA) is 63.4 Å². The lowest BCUT2D eigenvalue weighted by molar-refractivity contribution is -0.133. The number of hydrogen-bond donors (Lipinski definition) is 0. The first-order chi connectivity index (χ1) is 15.4. The van der Waals surface area contributed by atoms with Gasteiger partial charge in [0.05, 0.1) is 11.6 Å². The summed E-state index contributed by atoms with van der Waals surface area (Å²) in [5.41, 5.74) is 4.16. The molecule has 1 aliphatic rings. The molecular formula is C25H33N5O2. The van der Waals surface area contributed by atoms with Gasteiger partial charge in [0, 0.05) is 49.5 Å². The number of amides is 1. The normalized spacial score (nSPS) is 14.9. The molecule has 0 aliphatic carbocycles. The Morgan fingerprint density at radius 1 is 1.00 bits per heavy atom. The average Bonchev–Trinajstić information content (AvgIpc) is 3.03. The van der Waals surface area contributed by atoms with E-state index in [0.29, 0.717) is 25.0 Å². The summed E-state index contributed by atoms with van der Waals surface area (Å²) in [5.74, 6) is -0.0384. The summed E-state index contributed by atoms with van der Waals surface area (Å²) < 4.78 is 3.49. The lowest BCUT2D eigenvalue weighted by Gasteiger charge is -2.34. The summed E-state index contributed by atoms with van der Waals surface area (Å²) in [6, 6.07) is 8.44. The van der Waals surface area contributed by atoms with Gasteiger partial charge in [0.25, 0.3) is 5.56 Å². The monoisotopic (exact) mass is 435 g/mol. The summed E-state index contributed by atoms with van der Waals surface area (Å²) in [5, 5.41) is 5.87. The maximum absolute atomic E-state index is 13.3. The Morgan fingerprint density at radius 2 is 1.69 bits per heavy atom. The highest BCUT2D eigenvalue weighted by Gasteiger charge is 2.23. The number of nitrogens with zero attached hydrogens (tertiary/aromatic N) is 5. The van der Waals surface area contributed by atoms with Crippen LogP contribution in [0, 0.1) is 20.8 Å². The van der Waals surface area contributed by atoms with Gasteiger partial charge >= 0.3 is 0 Å². The molecule has 170 valence electrons.